The second-order valence-electron chi connectivity index (χ2n) is 14.3. The molecule has 8 aromatic rings. The average molecular weight is 671 g/mol. The Balaban J connectivity index is 1.20. The number of benzene rings is 5. The molecule has 6 nitrogen and oxygen atoms in total. The molecule has 0 bridgehead atoms. The highest BCUT2D eigenvalue weighted by atomic mass is 28.3. The number of hydrogen-bond donors (Lipinski definition) is 0. The Morgan fingerprint density at radius 1 is 0.860 bits per heavy atom. The van der Waals surface area contributed by atoms with Gasteiger partial charge in [0.2, 0.25) is 0 Å². The Hall–Kier alpha value is -5.97. The molecule has 0 N–H and O–H groups in total. The van der Waals surface area contributed by atoms with Crippen molar-refractivity contribution in [2.45, 2.75) is 39.3 Å². The van der Waals surface area contributed by atoms with E-state index in [1.54, 1.807) is 4.57 Å². The molecular formula is C43H35N5OSi. The molecule has 3 aromatic heterocycles. The minimum absolute atomic E-state index is 0.0512. The monoisotopic (exact) mass is 670 g/mol. The largest absolute Gasteiger partial charge is 0.458 e. The predicted octanol–water partition coefficient (Wildman–Crippen LogP) is 8.30. The molecule has 7 heteroatoms. The zero-order valence-corrected chi connectivity index (χ0v) is 29.3. The quantitative estimate of drug-likeness (QED) is 0.108. The van der Waals surface area contributed by atoms with E-state index in [0.717, 1.165) is 54.8 Å². The summed E-state index contributed by atoms with van der Waals surface area (Å²) < 4.78 is 54.6. The summed E-state index contributed by atoms with van der Waals surface area (Å²) in [5.41, 5.74) is 5.99. The minimum atomic E-state index is -2.29. The second kappa shape index (κ2) is 10.8. The number of aromatic nitrogens is 4. The Bertz CT molecular complexity index is 2980. The molecule has 50 heavy (non-hydrogen) atoms. The van der Waals surface area contributed by atoms with Crippen LogP contribution in [0, 0.1) is 17.7 Å². The number of ether oxygens (including phenoxy) is 1. The van der Waals surface area contributed by atoms with Gasteiger partial charge in [-0.15, -0.1) is 0 Å². The van der Waals surface area contributed by atoms with E-state index >= 15 is 0 Å². The van der Waals surface area contributed by atoms with Gasteiger partial charge in [0.15, 0.2) is 0 Å². The third kappa shape index (κ3) is 4.53. The Morgan fingerprint density at radius 3 is 2.46 bits per heavy atom. The molecule has 0 unspecified atom stereocenters. The SMILES string of the molecule is [2H]c1c([2H])c([2H])c(-[n+]2[c-]n3c4c(cccc42)[Si](C)(C)c2ccc(Oc4ccc5c6cc(C#N)ccc6n(-c6cc(C(C)(C)C)ccn6)c5c4)cc2-3)c([2H])c1[2H]. The highest BCUT2D eigenvalue weighted by Crippen LogP contribution is 2.37. The molecule has 0 aliphatic carbocycles. The van der Waals surface area contributed by atoms with E-state index in [2.05, 4.69) is 69.0 Å². The fourth-order valence-corrected chi connectivity index (χ4v) is 10.3. The summed E-state index contributed by atoms with van der Waals surface area (Å²) >= 11 is 0. The fraction of sp³-hybridized carbons (Fsp3) is 0.140. The number of pyridine rings is 1. The summed E-state index contributed by atoms with van der Waals surface area (Å²) in [7, 11) is -2.29. The van der Waals surface area contributed by atoms with Crippen molar-refractivity contribution in [3.63, 3.8) is 0 Å². The number of nitriles is 1. The van der Waals surface area contributed by atoms with E-state index in [9.17, 15) is 5.26 Å². The lowest BCUT2D eigenvalue weighted by atomic mass is 9.88. The Kier molecular flexibility index (Phi) is 5.40. The van der Waals surface area contributed by atoms with Crippen molar-refractivity contribution >= 4 is 51.3 Å². The third-order valence-corrected chi connectivity index (χ3v) is 13.4. The lowest BCUT2D eigenvalue weighted by molar-refractivity contribution is -0.572. The molecule has 0 saturated carbocycles. The topological polar surface area (TPSA) is 59.6 Å². The Morgan fingerprint density at radius 2 is 1.66 bits per heavy atom. The van der Waals surface area contributed by atoms with Crippen LogP contribution in [0.15, 0.2) is 121 Å². The van der Waals surface area contributed by atoms with Crippen LogP contribution in [0.5, 0.6) is 11.5 Å². The summed E-state index contributed by atoms with van der Waals surface area (Å²) in [5, 5.41) is 14.0. The summed E-state index contributed by atoms with van der Waals surface area (Å²) in [6.07, 6.45) is 5.21. The number of hydrogen-bond acceptors (Lipinski definition) is 3. The highest BCUT2D eigenvalue weighted by molar-refractivity contribution is 7.02. The van der Waals surface area contributed by atoms with Crippen LogP contribution < -0.4 is 19.7 Å². The molecular weight excluding hydrogens is 631 g/mol. The first kappa shape index (κ1) is 25.1. The number of para-hydroxylation sites is 2. The average Bonchev–Trinajstić information content (AvgIpc) is 3.71. The van der Waals surface area contributed by atoms with Crippen LogP contribution in [0.1, 0.15) is 38.8 Å². The first-order chi connectivity index (χ1) is 26.2. The van der Waals surface area contributed by atoms with Crippen molar-refractivity contribution < 1.29 is 16.2 Å². The molecule has 4 heterocycles. The Labute approximate surface area is 299 Å². The van der Waals surface area contributed by atoms with Gasteiger partial charge in [0, 0.05) is 23.0 Å². The smallest absolute Gasteiger partial charge is 0.269 e. The van der Waals surface area contributed by atoms with Crippen molar-refractivity contribution in [2.24, 2.45) is 0 Å². The molecule has 9 rings (SSSR count). The van der Waals surface area contributed by atoms with E-state index in [4.69, 9.17) is 16.6 Å². The molecule has 0 atom stereocenters. The first-order valence-electron chi connectivity index (χ1n) is 19.0. The highest BCUT2D eigenvalue weighted by Gasteiger charge is 2.36. The van der Waals surface area contributed by atoms with Crippen molar-refractivity contribution in [1.82, 2.24) is 14.1 Å². The molecule has 1 aliphatic rings. The zero-order valence-electron chi connectivity index (χ0n) is 33.3. The van der Waals surface area contributed by atoms with Gasteiger partial charge in [0.05, 0.1) is 51.9 Å². The summed E-state index contributed by atoms with van der Waals surface area (Å²) in [6, 6.07) is 28.4. The summed E-state index contributed by atoms with van der Waals surface area (Å²) in [4.78, 5) is 4.80. The van der Waals surface area contributed by atoms with Gasteiger partial charge >= 0.3 is 0 Å². The standard InChI is InChI=1S/C43H35N5OSi/c1-43(2,3)29-20-21-45-41(23-29)48-35-18-14-28(26-44)22-34(35)33-17-15-31(24-37(33)48)49-32-16-19-39-38(25-32)47-27-46(30-10-7-6-8-11-30)36-12-9-13-40(42(36)47)50(39,4)5/h6-25H,1-5H3/i6D,7D,8D,10D,11D. The third-order valence-electron chi connectivity index (χ3n) is 9.89. The maximum absolute atomic E-state index is 9.73. The lowest BCUT2D eigenvalue weighted by Crippen LogP contribution is -2.57. The molecule has 0 spiro atoms. The van der Waals surface area contributed by atoms with Crippen molar-refractivity contribution in [3.05, 3.63) is 139 Å². The summed E-state index contributed by atoms with van der Waals surface area (Å²) in [5.74, 6) is 2.00. The summed E-state index contributed by atoms with van der Waals surface area (Å²) in [6.45, 7) is 11.1. The van der Waals surface area contributed by atoms with Crippen LogP contribution >= 0.6 is 0 Å². The zero-order chi connectivity index (χ0) is 38.7. The van der Waals surface area contributed by atoms with Crippen LogP contribution in [0.2, 0.25) is 13.1 Å². The molecule has 242 valence electrons. The normalized spacial score (nSPS) is 14.8. The number of rotatable bonds is 4. The van der Waals surface area contributed by atoms with Crippen LogP contribution in [-0.2, 0) is 5.41 Å². The molecule has 0 amide bonds. The van der Waals surface area contributed by atoms with E-state index in [-0.39, 0.29) is 23.2 Å². The number of imidazole rings is 1. The van der Waals surface area contributed by atoms with Crippen LogP contribution in [-0.4, -0.2) is 22.2 Å². The first-order valence-corrected chi connectivity index (χ1v) is 19.5. The lowest BCUT2D eigenvalue weighted by Gasteiger charge is -2.32. The predicted molar refractivity (Wildman–Crippen MR) is 202 cm³/mol. The van der Waals surface area contributed by atoms with Gasteiger partial charge < -0.3 is 4.74 Å². The molecule has 0 fully saturated rings. The van der Waals surface area contributed by atoms with Crippen LogP contribution in [0.3, 0.4) is 0 Å². The number of nitrogens with zero attached hydrogens (tertiary/aromatic N) is 5. The molecule has 0 radical (unpaired) electrons. The molecule has 0 saturated heterocycles. The molecule has 1 aliphatic heterocycles. The van der Waals surface area contributed by atoms with E-state index < -0.39 is 26.2 Å². The van der Waals surface area contributed by atoms with Crippen molar-refractivity contribution in [1.29, 1.82) is 5.26 Å². The van der Waals surface area contributed by atoms with Crippen molar-refractivity contribution in [3.8, 4) is 34.8 Å². The number of fused-ring (bicyclic) bond motifs is 5. The van der Waals surface area contributed by atoms with Gasteiger partial charge in [-0.25, -0.2) is 4.98 Å². The van der Waals surface area contributed by atoms with Crippen LogP contribution in [0.25, 0.3) is 50.0 Å². The van der Waals surface area contributed by atoms with Gasteiger partial charge in [0.1, 0.15) is 25.4 Å². The van der Waals surface area contributed by atoms with Gasteiger partial charge in [-0.2, -0.15) is 5.26 Å². The van der Waals surface area contributed by atoms with Gasteiger partial charge in [0.25, 0.3) is 6.33 Å². The van der Waals surface area contributed by atoms with E-state index in [0.29, 0.717) is 22.6 Å². The van der Waals surface area contributed by atoms with Crippen molar-refractivity contribution in [2.75, 3.05) is 0 Å². The van der Waals surface area contributed by atoms with Gasteiger partial charge in [-0.05, 0) is 88.0 Å². The molecule has 5 aromatic carbocycles. The van der Waals surface area contributed by atoms with Gasteiger partial charge in [-0.1, -0.05) is 76.3 Å². The minimum Gasteiger partial charge on any atom is -0.458 e. The maximum Gasteiger partial charge on any atom is 0.269 e. The van der Waals surface area contributed by atoms with E-state index in [1.807, 2.05) is 77.5 Å². The maximum atomic E-state index is 9.73. The van der Waals surface area contributed by atoms with Gasteiger partial charge in [-0.3, -0.25) is 13.7 Å². The van der Waals surface area contributed by atoms with E-state index in [1.165, 1.54) is 0 Å². The second-order valence-corrected chi connectivity index (χ2v) is 18.7. The van der Waals surface area contributed by atoms with Crippen LogP contribution in [0.4, 0.5) is 0 Å². The fourth-order valence-electron chi connectivity index (χ4n) is 7.31.